The molecule has 0 bridgehead atoms. The fourth-order valence-electron chi connectivity index (χ4n) is 3.78. The molecule has 130 valence electrons. The lowest BCUT2D eigenvalue weighted by Crippen LogP contribution is -2.39. The Balaban J connectivity index is 1.43. The maximum absolute atomic E-state index is 12.4. The molecule has 1 saturated carbocycles. The number of aromatic nitrogens is 2. The Morgan fingerprint density at radius 1 is 1.28 bits per heavy atom. The van der Waals surface area contributed by atoms with Crippen molar-refractivity contribution in [1.29, 1.82) is 0 Å². The first-order valence-electron chi connectivity index (χ1n) is 8.58. The van der Waals surface area contributed by atoms with E-state index in [1.54, 1.807) is 11.3 Å². The van der Waals surface area contributed by atoms with Gasteiger partial charge in [-0.3, -0.25) is 9.20 Å². The Bertz CT molecular complexity index is 849. The van der Waals surface area contributed by atoms with Crippen LogP contribution in [0.3, 0.4) is 0 Å². The second kappa shape index (κ2) is 6.81. The first-order valence-corrected chi connectivity index (χ1v) is 9.84. The number of halogens is 1. The van der Waals surface area contributed by atoms with Gasteiger partial charge in [0.25, 0.3) is 0 Å². The summed E-state index contributed by atoms with van der Waals surface area (Å²) in [4.78, 5) is 17.8. The van der Waals surface area contributed by atoms with Crippen molar-refractivity contribution in [3.8, 4) is 0 Å². The first kappa shape index (κ1) is 16.6. The lowest BCUT2D eigenvalue weighted by molar-refractivity contribution is -0.120. The maximum atomic E-state index is 12.4. The lowest BCUT2D eigenvalue weighted by atomic mass is 9.79. The summed E-state index contributed by atoms with van der Waals surface area (Å²) in [5.74, 6) is 0.0333. The van der Waals surface area contributed by atoms with Crippen LogP contribution < -0.4 is 5.32 Å². The molecule has 1 aliphatic carbocycles. The van der Waals surface area contributed by atoms with Crippen LogP contribution in [0.4, 0.5) is 0 Å². The van der Waals surface area contributed by atoms with Crippen molar-refractivity contribution in [2.75, 3.05) is 6.54 Å². The molecule has 0 radical (unpaired) electrons. The van der Waals surface area contributed by atoms with Crippen molar-refractivity contribution in [1.82, 2.24) is 14.7 Å². The monoisotopic (exact) mass is 373 g/mol. The number of carbonyl (C=O) groups is 1. The van der Waals surface area contributed by atoms with Crippen LogP contribution in [0.25, 0.3) is 4.96 Å². The fourth-order valence-corrected chi connectivity index (χ4v) is 4.62. The van der Waals surface area contributed by atoms with Crippen LogP contribution in [-0.2, 0) is 16.6 Å². The summed E-state index contributed by atoms with van der Waals surface area (Å²) in [5.41, 5.74) is 2.13. The molecule has 25 heavy (non-hydrogen) atoms. The Morgan fingerprint density at radius 3 is 2.76 bits per heavy atom. The minimum absolute atomic E-state index is 0.0333. The van der Waals surface area contributed by atoms with E-state index in [0.717, 1.165) is 28.5 Å². The largest absolute Gasteiger partial charge is 0.355 e. The highest BCUT2D eigenvalue weighted by Gasteiger charge is 2.35. The number of nitrogens with one attached hydrogen (secondary N) is 1. The molecule has 1 N–H and O–H groups in total. The van der Waals surface area contributed by atoms with Crippen LogP contribution in [0.5, 0.6) is 0 Å². The second-order valence-electron chi connectivity index (χ2n) is 6.77. The van der Waals surface area contributed by atoms with Crippen LogP contribution in [0.15, 0.2) is 42.0 Å². The van der Waals surface area contributed by atoms with Crippen LogP contribution >= 0.6 is 22.9 Å². The third-order valence-electron chi connectivity index (χ3n) is 5.13. The predicted molar refractivity (Wildman–Crippen MR) is 101 cm³/mol. The van der Waals surface area contributed by atoms with Gasteiger partial charge in [-0.05, 0) is 30.5 Å². The van der Waals surface area contributed by atoms with E-state index in [9.17, 15) is 4.79 Å². The molecule has 0 atom stereocenters. The van der Waals surface area contributed by atoms with E-state index in [1.807, 2.05) is 34.3 Å². The molecule has 4 nitrogen and oxygen atoms in total. The molecule has 3 aromatic rings. The van der Waals surface area contributed by atoms with Crippen molar-refractivity contribution in [3.63, 3.8) is 0 Å². The Hall–Kier alpha value is -1.85. The fraction of sp³-hybridized carbons (Fsp3) is 0.368. The summed E-state index contributed by atoms with van der Waals surface area (Å²) in [7, 11) is 0. The van der Waals surface area contributed by atoms with Crippen LogP contribution in [0.1, 0.15) is 36.9 Å². The zero-order valence-corrected chi connectivity index (χ0v) is 15.4. The number of carbonyl (C=O) groups excluding carboxylic acids is 1. The minimum atomic E-state index is 0.0333. The number of amides is 1. The van der Waals surface area contributed by atoms with E-state index in [2.05, 4.69) is 22.4 Å². The van der Waals surface area contributed by atoms with Crippen molar-refractivity contribution in [2.45, 2.75) is 37.5 Å². The second-order valence-corrected chi connectivity index (χ2v) is 8.08. The number of benzene rings is 1. The van der Waals surface area contributed by atoms with Gasteiger partial charge >= 0.3 is 0 Å². The highest BCUT2D eigenvalue weighted by atomic mass is 35.5. The molecule has 4 rings (SSSR count). The topological polar surface area (TPSA) is 46.4 Å². The van der Waals surface area contributed by atoms with Gasteiger partial charge in [-0.1, -0.05) is 36.6 Å². The van der Waals surface area contributed by atoms with Gasteiger partial charge in [0, 0.05) is 34.8 Å². The molecule has 2 aromatic heterocycles. The number of rotatable bonds is 5. The average Bonchev–Trinajstić information content (AvgIpc) is 3.30. The van der Waals surface area contributed by atoms with E-state index in [0.29, 0.717) is 13.0 Å². The van der Waals surface area contributed by atoms with E-state index >= 15 is 0 Å². The number of hydrogen-bond donors (Lipinski definition) is 1. The third-order valence-corrected chi connectivity index (χ3v) is 6.15. The Morgan fingerprint density at radius 2 is 2.04 bits per heavy atom. The maximum Gasteiger partial charge on any atom is 0.226 e. The predicted octanol–water partition coefficient (Wildman–Crippen LogP) is 4.22. The summed E-state index contributed by atoms with van der Waals surface area (Å²) in [6, 6.07) is 8.08. The summed E-state index contributed by atoms with van der Waals surface area (Å²) in [6.45, 7) is 0.676. The van der Waals surface area contributed by atoms with Gasteiger partial charge in [-0.25, -0.2) is 4.98 Å². The molecule has 0 aliphatic heterocycles. The molecule has 6 heteroatoms. The molecule has 0 spiro atoms. The van der Waals surface area contributed by atoms with Gasteiger partial charge in [-0.2, -0.15) is 0 Å². The molecule has 0 saturated heterocycles. The summed E-state index contributed by atoms with van der Waals surface area (Å²) in [5, 5.41) is 5.88. The Labute approximate surface area is 155 Å². The zero-order valence-electron chi connectivity index (χ0n) is 13.9. The van der Waals surface area contributed by atoms with E-state index in [-0.39, 0.29) is 11.3 Å². The average molecular weight is 374 g/mol. The highest BCUT2D eigenvalue weighted by molar-refractivity contribution is 7.15. The van der Waals surface area contributed by atoms with Gasteiger partial charge in [0.05, 0.1) is 12.1 Å². The van der Waals surface area contributed by atoms with Crippen LogP contribution in [-0.4, -0.2) is 21.8 Å². The minimum Gasteiger partial charge on any atom is -0.355 e. The zero-order chi connectivity index (χ0) is 17.3. The number of hydrogen-bond acceptors (Lipinski definition) is 3. The van der Waals surface area contributed by atoms with Crippen molar-refractivity contribution in [3.05, 3.63) is 58.3 Å². The van der Waals surface area contributed by atoms with E-state index in [4.69, 9.17) is 11.6 Å². The standard InChI is InChI=1S/C19H20ClN3OS/c20-15-5-3-14(4-6-15)19(7-1-2-8-19)13-21-17(24)11-16-12-23-9-10-25-18(23)22-16/h3-6,9-10,12H,1-2,7-8,11,13H2,(H,21,24). The van der Waals surface area contributed by atoms with Crippen LogP contribution in [0, 0.1) is 0 Å². The van der Waals surface area contributed by atoms with E-state index < -0.39 is 0 Å². The smallest absolute Gasteiger partial charge is 0.226 e. The normalized spacial score (nSPS) is 16.4. The summed E-state index contributed by atoms with van der Waals surface area (Å²) >= 11 is 7.60. The quantitative estimate of drug-likeness (QED) is 0.727. The van der Waals surface area contributed by atoms with Crippen molar-refractivity contribution >= 4 is 33.8 Å². The van der Waals surface area contributed by atoms with Gasteiger partial charge < -0.3 is 5.32 Å². The number of nitrogens with zero attached hydrogens (tertiary/aromatic N) is 2. The lowest BCUT2D eigenvalue weighted by Gasteiger charge is -2.30. The highest BCUT2D eigenvalue weighted by Crippen LogP contribution is 2.40. The van der Waals surface area contributed by atoms with Crippen molar-refractivity contribution < 1.29 is 4.79 Å². The van der Waals surface area contributed by atoms with Gasteiger partial charge in [0.1, 0.15) is 0 Å². The molecule has 1 fully saturated rings. The molecule has 1 aromatic carbocycles. The van der Waals surface area contributed by atoms with Crippen LogP contribution in [0.2, 0.25) is 5.02 Å². The molecule has 2 heterocycles. The van der Waals surface area contributed by atoms with Gasteiger partial charge in [0.2, 0.25) is 5.91 Å². The molecule has 1 aliphatic rings. The van der Waals surface area contributed by atoms with Crippen molar-refractivity contribution in [2.24, 2.45) is 0 Å². The first-order chi connectivity index (χ1) is 12.1. The molecule has 1 amide bonds. The SMILES string of the molecule is O=C(Cc1cn2ccsc2n1)NCC1(c2ccc(Cl)cc2)CCCC1. The Kier molecular flexibility index (Phi) is 4.52. The third kappa shape index (κ3) is 3.44. The number of thiazole rings is 1. The molecular formula is C19H20ClN3OS. The molecular weight excluding hydrogens is 354 g/mol. The summed E-state index contributed by atoms with van der Waals surface area (Å²) in [6.07, 6.45) is 8.83. The van der Waals surface area contributed by atoms with Gasteiger partial charge in [0.15, 0.2) is 4.96 Å². The summed E-state index contributed by atoms with van der Waals surface area (Å²) < 4.78 is 1.96. The van der Waals surface area contributed by atoms with Gasteiger partial charge in [-0.15, -0.1) is 11.3 Å². The molecule has 0 unspecified atom stereocenters. The number of imidazole rings is 1. The van der Waals surface area contributed by atoms with E-state index in [1.165, 1.54) is 18.4 Å². The number of fused-ring (bicyclic) bond motifs is 1.